The zero-order chi connectivity index (χ0) is 17.8. The quantitative estimate of drug-likeness (QED) is 0.801. The summed E-state index contributed by atoms with van der Waals surface area (Å²) in [5.74, 6) is 0.0511. The first kappa shape index (κ1) is 17.0. The van der Waals surface area contributed by atoms with Crippen LogP contribution in [0.5, 0.6) is 0 Å². The maximum absolute atomic E-state index is 12.2. The van der Waals surface area contributed by atoms with E-state index in [1.807, 2.05) is 44.2 Å². The van der Waals surface area contributed by atoms with Crippen molar-refractivity contribution in [1.82, 2.24) is 15.6 Å². The molecule has 0 radical (unpaired) electrons. The highest BCUT2D eigenvalue weighted by atomic mass is 16.2. The predicted molar refractivity (Wildman–Crippen MR) is 96.1 cm³/mol. The second kappa shape index (κ2) is 7.34. The van der Waals surface area contributed by atoms with Crippen LogP contribution in [0.2, 0.25) is 0 Å². The third kappa shape index (κ3) is 4.15. The highest BCUT2D eigenvalue weighted by Gasteiger charge is 2.17. The molecule has 6 nitrogen and oxygen atoms in total. The van der Waals surface area contributed by atoms with E-state index in [0.29, 0.717) is 6.42 Å². The Kier molecular flexibility index (Phi) is 4.97. The minimum absolute atomic E-state index is 0.0511. The number of nitrogens with one attached hydrogen (secondary N) is 3. The van der Waals surface area contributed by atoms with Crippen molar-refractivity contribution in [2.75, 3.05) is 5.32 Å². The molecule has 1 aliphatic rings. The Morgan fingerprint density at radius 2 is 1.88 bits per heavy atom. The fourth-order valence-corrected chi connectivity index (χ4v) is 2.91. The van der Waals surface area contributed by atoms with E-state index >= 15 is 0 Å². The molecule has 0 aliphatic carbocycles. The summed E-state index contributed by atoms with van der Waals surface area (Å²) in [6.45, 7) is 3.86. The van der Waals surface area contributed by atoms with Crippen LogP contribution in [-0.4, -0.2) is 16.9 Å². The maximum atomic E-state index is 12.2. The van der Waals surface area contributed by atoms with Gasteiger partial charge in [0, 0.05) is 24.5 Å². The molecule has 2 aromatic rings. The van der Waals surface area contributed by atoms with Gasteiger partial charge in [-0.25, -0.2) is 4.79 Å². The van der Waals surface area contributed by atoms with Gasteiger partial charge in [0.2, 0.25) is 5.91 Å². The largest absolute Gasteiger partial charge is 0.332 e. The molecular weight excluding hydrogens is 316 g/mol. The van der Waals surface area contributed by atoms with Crippen LogP contribution in [0.15, 0.2) is 42.7 Å². The van der Waals surface area contributed by atoms with Gasteiger partial charge in [0.1, 0.15) is 0 Å². The Bertz CT molecular complexity index is 776. The van der Waals surface area contributed by atoms with Crippen molar-refractivity contribution >= 4 is 17.6 Å². The Labute approximate surface area is 147 Å². The van der Waals surface area contributed by atoms with Crippen molar-refractivity contribution in [1.29, 1.82) is 0 Å². The molecule has 3 N–H and O–H groups in total. The highest BCUT2D eigenvalue weighted by molar-refractivity contribution is 5.93. The summed E-state index contributed by atoms with van der Waals surface area (Å²) >= 11 is 0. The molecule has 2 heterocycles. The van der Waals surface area contributed by atoms with Gasteiger partial charge < -0.3 is 16.0 Å². The summed E-state index contributed by atoms with van der Waals surface area (Å²) in [6.07, 6.45) is 4.68. The number of benzene rings is 1. The molecule has 0 unspecified atom stereocenters. The van der Waals surface area contributed by atoms with Crippen molar-refractivity contribution in [3.05, 3.63) is 59.4 Å². The first-order chi connectivity index (χ1) is 12.0. The van der Waals surface area contributed by atoms with Gasteiger partial charge in [0.15, 0.2) is 0 Å². The van der Waals surface area contributed by atoms with E-state index in [4.69, 9.17) is 0 Å². The number of carbonyl (C=O) groups is 2. The second-order valence-electron chi connectivity index (χ2n) is 6.31. The normalized spacial score (nSPS) is 15.5. The van der Waals surface area contributed by atoms with Crippen LogP contribution in [0.25, 0.3) is 0 Å². The van der Waals surface area contributed by atoms with Crippen LogP contribution in [0.1, 0.15) is 49.0 Å². The van der Waals surface area contributed by atoms with Gasteiger partial charge in [-0.05, 0) is 49.1 Å². The number of nitrogens with zero attached hydrogens (tertiary/aromatic N) is 1. The number of anilines is 1. The van der Waals surface area contributed by atoms with Crippen LogP contribution >= 0.6 is 0 Å². The first-order valence-electron chi connectivity index (χ1n) is 8.42. The first-order valence-corrected chi connectivity index (χ1v) is 8.42. The third-order valence-electron chi connectivity index (χ3n) is 4.40. The van der Waals surface area contributed by atoms with Gasteiger partial charge in [-0.3, -0.25) is 9.78 Å². The number of carbonyl (C=O) groups excluding carboxylic acids is 2. The van der Waals surface area contributed by atoms with Crippen molar-refractivity contribution < 1.29 is 9.59 Å². The Balaban J connectivity index is 1.61. The van der Waals surface area contributed by atoms with Crippen LogP contribution in [-0.2, 0) is 11.2 Å². The van der Waals surface area contributed by atoms with Gasteiger partial charge in [-0.2, -0.15) is 0 Å². The molecule has 1 aliphatic heterocycles. The Morgan fingerprint density at radius 1 is 1.12 bits per heavy atom. The van der Waals surface area contributed by atoms with Gasteiger partial charge in [-0.1, -0.05) is 18.2 Å². The topological polar surface area (TPSA) is 83.1 Å². The minimum Gasteiger partial charge on any atom is -0.332 e. The third-order valence-corrected chi connectivity index (χ3v) is 4.40. The van der Waals surface area contributed by atoms with Crippen molar-refractivity contribution in [3.8, 4) is 0 Å². The lowest BCUT2D eigenvalue weighted by Crippen LogP contribution is -2.38. The number of hydrogen-bond donors (Lipinski definition) is 3. The number of rotatable bonds is 4. The standard InChI is InChI=1S/C19H22N4O2/c1-12(14-5-7-17-15(10-14)6-8-18(24)23-17)21-19(25)22-13(2)16-4-3-9-20-11-16/h3-5,7,9-13H,6,8H2,1-2H3,(H,23,24)(H2,21,22,25)/t12-,13-/m1/s1. The van der Waals surface area contributed by atoms with Crippen molar-refractivity contribution in [3.63, 3.8) is 0 Å². The lowest BCUT2D eigenvalue weighted by molar-refractivity contribution is -0.116. The van der Waals surface area contributed by atoms with E-state index < -0.39 is 0 Å². The molecule has 0 saturated carbocycles. The molecule has 25 heavy (non-hydrogen) atoms. The molecular formula is C19H22N4O2. The SMILES string of the molecule is C[C@@H](NC(=O)N[C@H](C)c1ccc2c(c1)CCC(=O)N2)c1cccnc1. The number of pyridine rings is 1. The van der Waals surface area contributed by atoms with Crippen molar-refractivity contribution in [2.24, 2.45) is 0 Å². The average Bonchev–Trinajstić information content (AvgIpc) is 2.61. The number of hydrogen-bond acceptors (Lipinski definition) is 3. The zero-order valence-electron chi connectivity index (χ0n) is 14.4. The van der Waals surface area contributed by atoms with E-state index in [9.17, 15) is 9.59 Å². The molecule has 3 amide bonds. The van der Waals surface area contributed by atoms with Gasteiger partial charge in [0.25, 0.3) is 0 Å². The molecule has 130 valence electrons. The lowest BCUT2D eigenvalue weighted by Gasteiger charge is -2.21. The molecule has 3 rings (SSSR count). The average molecular weight is 338 g/mol. The van der Waals surface area contributed by atoms with Crippen LogP contribution in [0.3, 0.4) is 0 Å². The predicted octanol–water partition coefficient (Wildman–Crippen LogP) is 3.09. The van der Waals surface area contributed by atoms with Gasteiger partial charge in [0.05, 0.1) is 12.1 Å². The molecule has 0 saturated heterocycles. The smallest absolute Gasteiger partial charge is 0.315 e. The molecule has 0 fully saturated rings. The Morgan fingerprint density at radius 3 is 2.60 bits per heavy atom. The molecule has 0 bridgehead atoms. The summed E-state index contributed by atoms with van der Waals surface area (Å²) in [4.78, 5) is 27.7. The minimum atomic E-state index is -0.227. The number of amides is 3. The molecule has 1 aromatic carbocycles. The number of fused-ring (bicyclic) bond motifs is 1. The fraction of sp³-hybridized carbons (Fsp3) is 0.316. The summed E-state index contributed by atoms with van der Waals surface area (Å²) < 4.78 is 0. The van der Waals surface area contributed by atoms with Crippen molar-refractivity contribution in [2.45, 2.75) is 38.8 Å². The van der Waals surface area contributed by atoms with Crippen LogP contribution in [0, 0.1) is 0 Å². The monoisotopic (exact) mass is 338 g/mol. The fourth-order valence-electron chi connectivity index (χ4n) is 2.91. The van der Waals surface area contributed by atoms with E-state index in [1.165, 1.54) is 0 Å². The highest BCUT2D eigenvalue weighted by Crippen LogP contribution is 2.26. The molecule has 1 aromatic heterocycles. The van der Waals surface area contributed by atoms with Crippen LogP contribution < -0.4 is 16.0 Å². The second-order valence-corrected chi connectivity index (χ2v) is 6.31. The number of urea groups is 1. The van der Waals surface area contributed by atoms with E-state index in [2.05, 4.69) is 20.9 Å². The number of aryl methyl sites for hydroxylation is 1. The zero-order valence-corrected chi connectivity index (χ0v) is 14.4. The summed E-state index contributed by atoms with van der Waals surface area (Å²) in [5.41, 5.74) is 3.94. The molecule has 0 spiro atoms. The maximum Gasteiger partial charge on any atom is 0.315 e. The van der Waals surface area contributed by atoms with E-state index in [0.717, 1.165) is 28.8 Å². The van der Waals surface area contributed by atoms with Crippen LogP contribution in [0.4, 0.5) is 10.5 Å². The lowest BCUT2D eigenvalue weighted by atomic mass is 9.98. The molecule has 2 atom stereocenters. The summed E-state index contributed by atoms with van der Waals surface area (Å²) in [5, 5.41) is 8.74. The molecule has 6 heteroatoms. The van der Waals surface area contributed by atoms with E-state index in [1.54, 1.807) is 12.4 Å². The Hall–Kier alpha value is -2.89. The van der Waals surface area contributed by atoms with Gasteiger partial charge >= 0.3 is 6.03 Å². The van der Waals surface area contributed by atoms with Gasteiger partial charge in [-0.15, -0.1) is 0 Å². The number of aromatic nitrogens is 1. The van der Waals surface area contributed by atoms with E-state index in [-0.39, 0.29) is 24.0 Å². The summed E-state index contributed by atoms with van der Waals surface area (Å²) in [6, 6.07) is 9.16. The summed E-state index contributed by atoms with van der Waals surface area (Å²) in [7, 11) is 0.